The maximum atomic E-state index is 13.0. The number of hydrogen-bond acceptors (Lipinski definition) is 1. The van der Waals surface area contributed by atoms with Gasteiger partial charge in [0, 0.05) is 12.0 Å². The Kier molecular flexibility index (Phi) is 4.09. The van der Waals surface area contributed by atoms with Gasteiger partial charge in [-0.15, -0.1) is 0 Å². The summed E-state index contributed by atoms with van der Waals surface area (Å²) in [6.45, 7) is 0. The van der Waals surface area contributed by atoms with Gasteiger partial charge in [-0.05, 0) is 29.8 Å². The fraction of sp³-hybridized carbons (Fsp3) is 0.0714. The van der Waals surface area contributed by atoms with Crippen molar-refractivity contribution < 1.29 is 22.4 Å². The molecule has 0 spiro atoms. The molecule has 0 unspecified atom stereocenters. The lowest BCUT2D eigenvalue weighted by molar-refractivity contribution is 0.0992. The zero-order valence-corrected chi connectivity index (χ0v) is 10.6. The van der Waals surface area contributed by atoms with Crippen LogP contribution in [0.1, 0.15) is 15.9 Å². The van der Waals surface area contributed by atoms with Crippen LogP contribution in [-0.4, -0.2) is 5.78 Å². The summed E-state index contributed by atoms with van der Waals surface area (Å²) in [5.41, 5.74) is 0.0772. The Hall–Kier alpha value is -1.88. The molecule has 0 saturated heterocycles. The molecule has 0 aliphatic carbocycles. The predicted molar refractivity (Wildman–Crippen MR) is 65.8 cm³/mol. The molecule has 0 fully saturated rings. The van der Waals surface area contributed by atoms with E-state index in [9.17, 15) is 22.4 Å². The molecule has 104 valence electrons. The van der Waals surface area contributed by atoms with Crippen LogP contribution in [0.15, 0.2) is 30.3 Å². The van der Waals surface area contributed by atoms with Crippen LogP contribution >= 0.6 is 11.6 Å². The highest BCUT2D eigenvalue weighted by molar-refractivity contribution is 6.30. The normalized spacial score (nSPS) is 10.7. The molecule has 0 radical (unpaired) electrons. The minimum atomic E-state index is -1.63. The van der Waals surface area contributed by atoms with Gasteiger partial charge in [-0.2, -0.15) is 0 Å². The Labute approximate surface area is 116 Å². The van der Waals surface area contributed by atoms with Gasteiger partial charge in [0.05, 0.1) is 5.02 Å². The number of halogens is 5. The molecule has 2 aromatic rings. The molecule has 0 bridgehead atoms. The predicted octanol–water partition coefficient (Wildman–Crippen LogP) is 4.32. The first kappa shape index (κ1) is 14.5. The first-order valence-corrected chi connectivity index (χ1v) is 5.88. The molecule has 0 amide bonds. The third kappa shape index (κ3) is 2.99. The highest BCUT2D eigenvalue weighted by Crippen LogP contribution is 2.19. The monoisotopic (exact) mass is 302 g/mol. The molecular weight excluding hydrogens is 296 g/mol. The molecule has 20 heavy (non-hydrogen) atoms. The zero-order valence-electron chi connectivity index (χ0n) is 9.89. The van der Waals surface area contributed by atoms with Gasteiger partial charge >= 0.3 is 0 Å². The molecule has 0 saturated carbocycles. The largest absolute Gasteiger partial charge is 0.294 e. The van der Waals surface area contributed by atoms with Crippen LogP contribution in [0.25, 0.3) is 0 Å². The maximum absolute atomic E-state index is 13.0. The summed E-state index contributed by atoms with van der Waals surface area (Å²) in [5, 5.41) is -0.160. The van der Waals surface area contributed by atoms with Gasteiger partial charge in [-0.3, -0.25) is 4.79 Å². The number of benzene rings is 2. The number of rotatable bonds is 3. The second-order valence-electron chi connectivity index (χ2n) is 4.10. The van der Waals surface area contributed by atoms with Crippen molar-refractivity contribution in [2.75, 3.05) is 0 Å². The van der Waals surface area contributed by atoms with Crippen LogP contribution in [0.5, 0.6) is 0 Å². The first-order chi connectivity index (χ1) is 9.38. The quantitative estimate of drug-likeness (QED) is 0.469. The Balaban J connectivity index is 2.26. The van der Waals surface area contributed by atoms with E-state index in [1.165, 1.54) is 12.1 Å². The topological polar surface area (TPSA) is 17.1 Å². The number of ketones is 1. The molecular formula is C14H7ClF4O. The molecule has 1 nitrogen and oxygen atoms in total. The highest BCUT2D eigenvalue weighted by Gasteiger charge is 2.15. The van der Waals surface area contributed by atoms with Crippen LogP contribution in [0.2, 0.25) is 5.02 Å². The minimum absolute atomic E-state index is 0.160. The van der Waals surface area contributed by atoms with E-state index in [1.807, 2.05) is 0 Å². The first-order valence-electron chi connectivity index (χ1n) is 5.50. The standard InChI is InChI=1S/C14H7ClF4O/c15-9-3-7(1-2-10(9)16)4-13(20)8-5-11(17)14(19)12(18)6-8/h1-3,5-6H,4H2. The second-order valence-corrected chi connectivity index (χ2v) is 4.51. The van der Waals surface area contributed by atoms with E-state index in [1.54, 1.807) is 0 Å². The fourth-order valence-electron chi connectivity index (χ4n) is 1.65. The maximum Gasteiger partial charge on any atom is 0.194 e. The molecule has 2 rings (SSSR count). The number of hydrogen-bond donors (Lipinski definition) is 0. The van der Waals surface area contributed by atoms with Gasteiger partial charge in [-0.25, -0.2) is 17.6 Å². The van der Waals surface area contributed by atoms with Gasteiger partial charge in [0.25, 0.3) is 0 Å². The lowest BCUT2D eigenvalue weighted by Crippen LogP contribution is -2.06. The Morgan fingerprint density at radius 3 is 2.10 bits per heavy atom. The second kappa shape index (κ2) is 5.63. The van der Waals surface area contributed by atoms with Gasteiger partial charge in [0.2, 0.25) is 0 Å². The van der Waals surface area contributed by atoms with E-state index < -0.39 is 29.1 Å². The average molecular weight is 303 g/mol. The molecule has 0 aliphatic heterocycles. The molecule has 0 aromatic heterocycles. The van der Waals surface area contributed by atoms with Crippen molar-refractivity contribution in [3.05, 3.63) is 69.8 Å². The Morgan fingerprint density at radius 1 is 0.950 bits per heavy atom. The van der Waals surface area contributed by atoms with E-state index in [4.69, 9.17) is 11.6 Å². The van der Waals surface area contributed by atoms with Gasteiger partial charge in [-0.1, -0.05) is 17.7 Å². The molecule has 0 atom stereocenters. The summed E-state index contributed by atoms with van der Waals surface area (Å²) in [6, 6.07) is 4.88. The molecule has 0 N–H and O–H groups in total. The summed E-state index contributed by atoms with van der Waals surface area (Å²) in [4.78, 5) is 11.8. The number of carbonyl (C=O) groups is 1. The van der Waals surface area contributed by atoms with E-state index in [0.29, 0.717) is 17.7 Å². The Bertz CT molecular complexity index is 662. The van der Waals surface area contributed by atoms with Crippen molar-refractivity contribution in [1.29, 1.82) is 0 Å². The average Bonchev–Trinajstić information content (AvgIpc) is 2.39. The smallest absolute Gasteiger partial charge is 0.194 e. The summed E-state index contributed by atoms with van der Waals surface area (Å²) >= 11 is 5.56. The van der Waals surface area contributed by atoms with E-state index >= 15 is 0 Å². The van der Waals surface area contributed by atoms with Crippen molar-refractivity contribution in [3.8, 4) is 0 Å². The van der Waals surface area contributed by atoms with Gasteiger partial charge < -0.3 is 0 Å². The zero-order chi connectivity index (χ0) is 14.9. The van der Waals surface area contributed by atoms with Crippen molar-refractivity contribution in [1.82, 2.24) is 0 Å². The molecule has 0 aliphatic rings. The summed E-state index contributed by atoms with van der Waals surface area (Å²) in [6.07, 6.45) is -0.232. The fourth-order valence-corrected chi connectivity index (χ4v) is 1.86. The Morgan fingerprint density at radius 2 is 1.55 bits per heavy atom. The van der Waals surface area contributed by atoms with Crippen LogP contribution in [0.4, 0.5) is 17.6 Å². The van der Waals surface area contributed by atoms with E-state index in [2.05, 4.69) is 0 Å². The summed E-state index contributed by atoms with van der Waals surface area (Å²) in [5.74, 6) is -5.78. The highest BCUT2D eigenvalue weighted by atomic mass is 35.5. The number of Topliss-reactive ketones (excluding diaryl/α,β-unsaturated/α-hetero) is 1. The SMILES string of the molecule is O=C(Cc1ccc(F)c(Cl)c1)c1cc(F)c(F)c(F)c1. The van der Waals surface area contributed by atoms with Crippen LogP contribution < -0.4 is 0 Å². The molecule has 6 heteroatoms. The summed E-state index contributed by atoms with van der Waals surface area (Å²) < 4.78 is 51.8. The van der Waals surface area contributed by atoms with Crippen LogP contribution in [-0.2, 0) is 6.42 Å². The molecule has 0 heterocycles. The van der Waals surface area contributed by atoms with Crippen molar-refractivity contribution >= 4 is 17.4 Å². The third-order valence-electron chi connectivity index (χ3n) is 2.65. The lowest BCUT2D eigenvalue weighted by atomic mass is 10.0. The van der Waals surface area contributed by atoms with Crippen molar-refractivity contribution in [2.45, 2.75) is 6.42 Å². The third-order valence-corrected chi connectivity index (χ3v) is 2.94. The lowest BCUT2D eigenvalue weighted by Gasteiger charge is -2.04. The van der Waals surface area contributed by atoms with Gasteiger partial charge in [0.15, 0.2) is 23.2 Å². The molecule has 2 aromatic carbocycles. The van der Waals surface area contributed by atoms with Crippen molar-refractivity contribution in [2.24, 2.45) is 0 Å². The van der Waals surface area contributed by atoms with Crippen LogP contribution in [0, 0.1) is 23.3 Å². The van der Waals surface area contributed by atoms with Crippen molar-refractivity contribution in [3.63, 3.8) is 0 Å². The van der Waals surface area contributed by atoms with Crippen LogP contribution in [0.3, 0.4) is 0 Å². The minimum Gasteiger partial charge on any atom is -0.294 e. The van der Waals surface area contributed by atoms with E-state index in [-0.39, 0.29) is 17.0 Å². The van der Waals surface area contributed by atoms with Gasteiger partial charge in [0.1, 0.15) is 5.82 Å². The number of carbonyl (C=O) groups excluding carboxylic acids is 1. The van der Waals surface area contributed by atoms with E-state index in [0.717, 1.165) is 6.07 Å². The summed E-state index contributed by atoms with van der Waals surface area (Å²) in [7, 11) is 0.